The average molecular weight is 550 g/mol. The number of fused-ring (bicyclic) bond motifs is 1. The van der Waals surface area contributed by atoms with Crippen LogP contribution in [-0.2, 0) is 4.74 Å². The molecule has 1 atom stereocenters. The number of nitrogens with one attached hydrogen (secondary N) is 1. The van der Waals surface area contributed by atoms with E-state index in [9.17, 15) is 13.6 Å². The highest BCUT2D eigenvalue weighted by molar-refractivity contribution is 5.94. The standard InChI is InChI=1S/C28H29F2N7O3/c1-39-20-8-6-18(7-9-20)27(38)36-11-10-19(17-36)31-23-16-24(34-28(33-23)35-12-14-40-15-13-35)37-22-5-3-2-4-21(22)32-26(37)25(29)30/h2-9,16,19,25H,10-15,17H2,1H3,(H,31,33,34)/t19-/m0/s1. The number of amides is 1. The van der Waals surface area contributed by atoms with Crippen molar-refractivity contribution in [2.24, 2.45) is 0 Å². The number of methoxy groups -OCH3 is 1. The number of hydrogen-bond donors (Lipinski definition) is 1. The maximum Gasteiger partial charge on any atom is 0.296 e. The van der Waals surface area contributed by atoms with Crippen molar-refractivity contribution >= 4 is 28.7 Å². The summed E-state index contributed by atoms with van der Waals surface area (Å²) in [6, 6.07) is 15.6. The highest BCUT2D eigenvalue weighted by atomic mass is 19.3. The molecular formula is C28H29F2N7O3. The van der Waals surface area contributed by atoms with Gasteiger partial charge in [-0.3, -0.25) is 9.36 Å². The van der Waals surface area contributed by atoms with Crippen LogP contribution in [0.5, 0.6) is 5.75 Å². The zero-order chi connectivity index (χ0) is 27.6. The molecular weight excluding hydrogens is 520 g/mol. The normalized spacial score (nSPS) is 17.6. The number of aromatic nitrogens is 4. The third-order valence-electron chi connectivity index (χ3n) is 7.17. The third-order valence-corrected chi connectivity index (χ3v) is 7.17. The Morgan fingerprint density at radius 3 is 2.58 bits per heavy atom. The van der Waals surface area contributed by atoms with E-state index < -0.39 is 6.43 Å². The minimum absolute atomic E-state index is 0.0594. The summed E-state index contributed by atoms with van der Waals surface area (Å²) in [4.78, 5) is 30.5. The van der Waals surface area contributed by atoms with Gasteiger partial charge in [-0.25, -0.2) is 13.8 Å². The molecule has 2 aromatic carbocycles. The Balaban J connectivity index is 1.30. The number of benzene rings is 2. The van der Waals surface area contributed by atoms with Crippen molar-refractivity contribution in [3.05, 3.63) is 66.0 Å². The lowest BCUT2D eigenvalue weighted by atomic mass is 10.2. The summed E-state index contributed by atoms with van der Waals surface area (Å²) < 4.78 is 40.3. The number of alkyl halides is 2. The Bertz CT molecular complexity index is 1510. The fourth-order valence-corrected chi connectivity index (χ4v) is 5.13. The summed E-state index contributed by atoms with van der Waals surface area (Å²) in [5, 5.41) is 3.43. The van der Waals surface area contributed by atoms with Crippen molar-refractivity contribution in [3.63, 3.8) is 0 Å². The van der Waals surface area contributed by atoms with Crippen LogP contribution in [0.15, 0.2) is 54.6 Å². The molecule has 2 saturated heterocycles. The molecule has 0 bridgehead atoms. The van der Waals surface area contributed by atoms with Gasteiger partial charge >= 0.3 is 0 Å². The van der Waals surface area contributed by atoms with E-state index in [1.807, 2.05) is 4.90 Å². The van der Waals surface area contributed by atoms with Crippen LogP contribution >= 0.6 is 0 Å². The molecule has 10 nitrogen and oxygen atoms in total. The van der Waals surface area contributed by atoms with Crippen LogP contribution in [0, 0.1) is 0 Å². The Kier molecular flexibility index (Phi) is 7.16. The molecule has 0 radical (unpaired) electrons. The molecule has 0 spiro atoms. The average Bonchev–Trinajstić information content (AvgIpc) is 3.62. The molecule has 12 heteroatoms. The lowest BCUT2D eigenvalue weighted by Crippen LogP contribution is -2.37. The number of carbonyl (C=O) groups excluding carboxylic acids is 1. The van der Waals surface area contributed by atoms with Gasteiger partial charge in [0.05, 0.1) is 31.4 Å². The summed E-state index contributed by atoms with van der Waals surface area (Å²) in [6.07, 6.45) is -2.08. The second-order valence-corrected chi connectivity index (χ2v) is 9.72. The van der Waals surface area contributed by atoms with Crippen LogP contribution in [0.25, 0.3) is 16.9 Å². The van der Waals surface area contributed by atoms with E-state index in [-0.39, 0.29) is 17.8 Å². The minimum Gasteiger partial charge on any atom is -0.497 e. The molecule has 0 unspecified atom stereocenters. The van der Waals surface area contributed by atoms with Crippen molar-refractivity contribution in [2.45, 2.75) is 18.9 Å². The predicted molar refractivity (Wildman–Crippen MR) is 146 cm³/mol. The van der Waals surface area contributed by atoms with Gasteiger partial charge in [0, 0.05) is 43.9 Å². The van der Waals surface area contributed by atoms with Crippen LogP contribution in [-0.4, -0.2) is 82.9 Å². The quantitative estimate of drug-likeness (QED) is 0.371. The van der Waals surface area contributed by atoms with Gasteiger partial charge in [0.15, 0.2) is 5.82 Å². The third kappa shape index (κ3) is 5.14. The first kappa shape index (κ1) is 25.9. The van der Waals surface area contributed by atoms with Gasteiger partial charge < -0.3 is 24.6 Å². The number of likely N-dealkylation sites (tertiary alicyclic amines) is 1. The molecule has 40 heavy (non-hydrogen) atoms. The van der Waals surface area contributed by atoms with E-state index in [1.165, 1.54) is 4.57 Å². The van der Waals surface area contributed by atoms with Crippen LogP contribution in [0.4, 0.5) is 20.5 Å². The topological polar surface area (TPSA) is 97.6 Å². The molecule has 0 saturated carbocycles. The molecule has 2 aliphatic heterocycles. The summed E-state index contributed by atoms with van der Waals surface area (Å²) in [7, 11) is 1.58. The number of para-hydroxylation sites is 2. The predicted octanol–water partition coefficient (Wildman–Crippen LogP) is 3.92. The number of rotatable bonds is 7. The van der Waals surface area contributed by atoms with Gasteiger partial charge in [-0.05, 0) is 42.8 Å². The van der Waals surface area contributed by atoms with E-state index in [0.29, 0.717) is 85.7 Å². The molecule has 4 aromatic rings. The van der Waals surface area contributed by atoms with Crippen molar-refractivity contribution in [1.82, 2.24) is 24.4 Å². The van der Waals surface area contributed by atoms with Gasteiger partial charge in [0.1, 0.15) is 17.4 Å². The zero-order valence-electron chi connectivity index (χ0n) is 22.0. The number of anilines is 2. The number of halogens is 2. The van der Waals surface area contributed by atoms with Crippen LogP contribution < -0.4 is 15.0 Å². The van der Waals surface area contributed by atoms with E-state index in [0.717, 1.165) is 0 Å². The smallest absolute Gasteiger partial charge is 0.296 e. The number of ether oxygens (including phenoxy) is 2. The number of carbonyl (C=O) groups is 1. The van der Waals surface area contributed by atoms with E-state index >= 15 is 0 Å². The van der Waals surface area contributed by atoms with E-state index in [4.69, 9.17) is 19.4 Å². The highest BCUT2D eigenvalue weighted by Crippen LogP contribution is 2.29. The first-order valence-corrected chi connectivity index (χ1v) is 13.2. The molecule has 208 valence electrons. The Hall–Kier alpha value is -4.32. The second-order valence-electron chi connectivity index (χ2n) is 9.72. The van der Waals surface area contributed by atoms with Gasteiger partial charge in [0.25, 0.3) is 12.3 Å². The van der Waals surface area contributed by atoms with Crippen molar-refractivity contribution < 1.29 is 23.0 Å². The van der Waals surface area contributed by atoms with E-state index in [2.05, 4.69) is 10.3 Å². The number of hydrogen-bond acceptors (Lipinski definition) is 8. The number of imidazole rings is 1. The zero-order valence-corrected chi connectivity index (χ0v) is 22.0. The SMILES string of the molecule is COc1ccc(C(=O)N2CC[C@H](Nc3cc(-n4c(C(F)F)nc5ccccc54)nc(N4CCOCC4)n3)C2)cc1. The van der Waals surface area contributed by atoms with Crippen molar-refractivity contribution in [1.29, 1.82) is 0 Å². The molecule has 0 aliphatic carbocycles. The maximum absolute atomic E-state index is 14.1. The fraction of sp³-hybridized carbons (Fsp3) is 0.357. The highest BCUT2D eigenvalue weighted by Gasteiger charge is 2.29. The van der Waals surface area contributed by atoms with Crippen molar-refractivity contribution in [2.75, 3.05) is 56.7 Å². The van der Waals surface area contributed by atoms with E-state index in [1.54, 1.807) is 66.6 Å². The monoisotopic (exact) mass is 549 g/mol. The first-order chi connectivity index (χ1) is 19.5. The Labute approximate surface area is 229 Å². The maximum atomic E-state index is 14.1. The summed E-state index contributed by atoms with van der Waals surface area (Å²) in [6.45, 7) is 3.28. The van der Waals surface area contributed by atoms with Gasteiger partial charge in [-0.2, -0.15) is 9.97 Å². The number of nitrogens with zero attached hydrogens (tertiary/aromatic N) is 6. The Morgan fingerprint density at radius 1 is 1.05 bits per heavy atom. The van der Waals surface area contributed by atoms with Crippen molar-refractivity contribution in [3.8, 4) is 11.6 Å². The summed E-state index contributed by atoms with van der Waals surface area (Å²) in [5.41, 5.74) is 1.58. The minimum atomic E-state index is -2.79. The summed E-state index contributed by atoms with van der Waals surface area (Å²) in [5.74, 6) is 1.46. The lowest BCUT2D eigenvalue weighted by Gasteiger charge is -2.28. The Morgan fingerprint density at radius 2 is 1.82 bits per heavy atom. The fourth-order valence-electron chi connectivity index (χ4n) is 5.13. The molecule has 4 heterocycles. The molecule has 2 fully saturated rings. The first-order valence-electron chi connectivity index (χ1n) is 13.2. The molecule has 6 rings (SSSR count). The molecule has 1 amide bonds. The van der Waals surface area contributed by atoms with Gasteiger partial charge in [-0.1, -0.05) is 12.1 Å². The lowest BCUT2D eigenvalue weighted by molar-refractivity contribution is 0.0791. The molecule has 2 aromatic heterocycles. The second kappa shape index (κ2) is 11.0. The van der Waals surface area contributed by atoms with Crippen LogP contribution in [0.3, 0.4) is 0 Å². The summed E-state index contributed by atoms with van der Waals surface area (Å²) >= 11 is 0. The van der Waals surface area contributed by atoms with Gasteiger partial charge in [-0.15, -0.1) is 0 Å². The van der Waals surface area contributed by atoms with Crippen LogP contribution in [0.1, 0.15) is 29.0 Å². The molecule has 1 N–H and O–H groups in total. The largest absolute Gasteiger partial charge is 0.497 e. The van der Waals surface area contributed by atoms with Crippen LogP contribution in [0.2, 0.25) is 0 Å². The van der Waals surface area contributed by atoms with Gasteiger partial charge in [0.2, 0.25) is 5.95 Å². The number of morpholine rings is 1. The molecule has 2 aliphatic rings.